The Morgan fingerprint density at radius 1 is 0.976 bits per heavy atom. The predicted molar refractivity (Wildman–Crippen MR) is 155 cm³/mol. The molecule has 3 aromatic rings. The van der Waals surface area contributed by atoms with Crippen molar-refractivity contribution in [3.8, 4) is 11.5 Å². The second-order valence-corrected chi connectivity index (χ2v) is 11.3. The Bertz CT molecular complexity index is 1460. The van der Waals surface area contributed by atoms with E-state index in [0.29, 0.717) is 18.7 Å². The van der Waals surface area contributed by atoms with Gasteiger partial charge < -0.3 is 19.7 Å². The molecule has 3 rings (SSSR count). The first-order valence-electron chi connectivity index (χ1n) is 13.2. The van der Waals surface area contributed by atoms with Crippen LogP contribution in [0.4, 0.5) is 10.1 Å². The van der Waals surface area contributed by atoms with Crippen LogP contribution in [0.1, 0.15) is 31.4 Å². The average molecular weight is 586 g/mol. The molecule has 9 nitrogen and oxygen atoms in total. The van der Waals surface area contributed by atoms with Crippen LogP contribution in [0, 0.1) is 12.7 Å². The van der Waals surface area contributed by atoms with Gasteiger partial charge in [0.15, 0.2) is 11.5 Å². The standard InChI is InChI=1S/C30H36FN3O6S/c1-6-17-32-30(36)22(3)33(19-23-10-8-7-9-21(23)2)29(35)20-34(25-13-11-24(31)12-14-25)41(37,38)26-15-16-27(39-4)28(18-26)40-5/h7-16,18,22H,6,17,19-20H2,1-5H3,(H,32,36)/t22-/m1/s1. The fourth-order valence-corrected chi connectivity index (χ4v) is 5.62. The third-order valence-corrected chi connectivity index (χ3v) is 8.42. The number of hydrogen-bond donors (Lipinski definition) is 1. The van der Waals surface area contributed by atoms with Gasteiger partial charge >= 0.3 is 0 Å². The number of rotatable bonds is 13. The number of halogens is 1. The normalized spacial score (nSPS) is 11.9. The van der Waals surface area contributed by atoms with Gasteiger partial charge in [0.1, 0.15) is 18.4 Å². The molecule has 1 atom stereocenters. The van der Waals surface area contributed by atoms with Crippen molar-refractivity contribution in [2.45, 2.75) is 44.7 Å². The van der Waals surface area contributed by atoms with Crippen molar-refractivity contribution in [1.82, 2.24) is 10.2 Å². The van der Waals surface area contributed by atoms with Gasteiger partial charge in [-0.15, -0.1) is 0 Å². The molecule has 220 valence electrons. The third-order valence-electron chi connectivity index (χ3n) is 6.65. The van der Waals surface area contributed by atoms with Crippen molar-refractivity contribution in [2.75, 3.05) is 31.6 Å². The van der Waals surface area contributed by atoms with Crippen molar-refractivity contribution >= 4 is 27.5 Å². The molecule has 0 aliphatic rings. The van der Waals surface area contributed by atoms with E-state index in [4.69, 9.17) is 9.47 Å². The minimum absolute atomic E-state index is 0.0773. The molecule has 0 aliphatic heterocycles. The number of carbonyl (C=O) groups excluding carboxylic acids is 2. The monoisotopic (exact) mass is 585 g/mol. The summed E-state index contributed by atoms with van der Waals surface area (Å²) < 4.78 is 53.2. The van der Waals surface area contributed by atoms with Crippen molar-refractivity contribution in [1.29, 1.82) is 0 Å². The summed E-state index contributed by atoms with van der Waals surface area (Å²) >= 11 is 0. The van der Waals surface area contributed by atoms with Crippen LogP contribution < -0.4 is 19.1 Å². The Balaban J connectivity index is 2.07. The van der Waals surface area contributed by atoms with E-state index in [9.17, 15) is 22.4 Å². The molecule has 41 heavy (non-hydrogen) atoms. The summed E-state index contributed by atoms with van der Waals surface area (Å²) in [5.74, 6) is -1.02. The van der Waals surface area contributed by atoms with Gasteiger partial charge in [0.25, 0.3) is 10.0 Å². The number of anilines is 1. The van der Waals surface area contributed by atoms with Crippen LogP contribution in [0.25, 0.3) is 0 Å². The molecule has 0 radical (unpaired) electrons. The summed E-state index contributed by atoms with van der Waals surface area (Å²) in [4.78, 5) is 28.1. The van der Waals surface area contributed by atoms with Crippen molar-refractivity contribution in [2.24, 2.45) is 0 Å². The Kier molecular flexibility index (Phi) is 10.7. The molecule has 0 aliphatic carbocycles. The lowest BCUT2D eigenvalue weighted by atomic mass is 10.1. The summed E-state index contributed by atoms with van der Waals surface area (Å²) in [5.41, 5.74) is 1.81. The molecule has 0 spiro atoms. The minimum Gasteiger partial charge on any atom is -0.493 e. The first-order chi connectivity index (χ1) is 19.5. The van der Waals surface area contributed by atoms with E-state index < -0.39 is 34.3 Å². The molecule has 11 heteroatoms. The fourth-order valence-electron chi connectivity index (χ4n) is 4.19. The van der Waals surface area contributed by atoms with E-state index in [1.165, 1.54) is 49.5 Å². The Hall–Kier alpha value is -4.12. The Morgan fingerprint density at radius 2 is 1.63 bits per heavy atom. The molecular formula is C30H36FN3O6S. The van der Waals surface area contributed by atoms with Crippen LogP contribution in [0.15, 0.2) is 71.6 Å². The van der Waals surface area contributed by atoms with Gasteiger partial charge in [0.2, 0.25) is 11.8 Å². The van der Waals surface area contributed by atoms with Crippen LogP contribution >= 0.6 is 0 Å². The number of nitrogens with zero attached hydrogens (tertiary/aromatic N) is 2. The zero-order valence-electron chi connectivity index (χ0n) is 23.9. The molecule has 0 aromatic heterocycles. The van der Waals surface area contributed by atoms with E-state index in [1.54, 1.807) is 6.92 Å². The second kappa shape index (κ2) is 14.0. The zero-order valence-corrected chi connectivity index (χ0v) is 24.7. The van der Waals surface area contributed by atoms with Gasteiger partial charge in [-0.2, -0.15) is 0 Å². The van der Waals surface area contributed by atoms with Crippen molar-refractivity contribution in [3.63, 3.8) is 0 Å². The summed E-state index contributed by atoms with van der Waals surface area (Å²) in [6.45, 7) is 5.30. The van der Waals surface area contributed by atoms with Crippen LogP contribution in [-0.4, -0.2) is 58.5 Å². The number of hydrogen-bond acceptors (Lipinski definition) is 6. The topological polar surface area (TPSA) is 105 Å². The van der Waals surface area contributed by atoms with E-state index in [0.717, 1.165) is 27.6 Å². The molecule has 2 amide bonds. The Morgan fingerprint density at radius 3 is 2.24 bits per heavy atom. The SMILES string of the molecule is CCCNC(=O)[C@@H](C)N(Cc1ccccc1C)C(=O)CN(c1ccc(F)cc1)S(=O)(=O)c1ccc(OC)c(OC)c1. The minimum atomic E-state index is -4.37. The van der Waals surface area contributed by atoms with E-state index in [-0.39, 0.29) is 28.8 Å². The molecular weight excluding hydrogens is 549 g/mol. The maximum absolute atomic E-state index is 14.0. The maximum atomic E-state index is 14.0. The van der Waals surface area contributed by atoms with Crippen LogP contribution in [-0.2, 0) is 26.2 Å². The maximum Gasteiger partial charge on any atom is 0.264 e. The largest absolute Gasteiger partial charge is 0.493 e. The van der Waals surface area contributed by atoms with Crippen molar-refractivity contribution in [3.05, 3.63) is 83.7 Å². The number of ether oxygens (including phenoxy) is 2. The quantitative estimate of drug-likeness (QED) is 0.321. The summed E-state index contributed by atoms with van der Waals surface area (Å²) in [6, 6.07) is 15.4. The molecule has 3 aromatic carbocycles. The number of methoxy groups -OCH3 is 2. The highest BCUT2D eigenvalue weighted by molar-refractivity contribution is 7.92. The van der Waals surface area contributed by atoms with Gasteiger partial charge in [-0.25, -0.2) is 12.8 Å². The molecule has 0 bridgehead atoms. The highest BCUT2D eigenvalue weighted by atomic mass is 32.2. The molecule has 1 N–H and O–H groups in total. The molecule has 0 heterocycles. The number of nitrogens with one attached hydrogen (secondary N) is 1. The smallest absolute Gasteiger partial charge is 0.264 e. The van der Waals surface area contributed by atoms with E-state index >= 15 is 0 Å². The van der Waals surface area contributed by atoms with Gasteiger partial charge in [-0.05, 0) is 67.8 Å². The van der Waals surface area contributed by atoms with E-state index in [2.05, 4.69) is 5.32 Å². The molecule has 0 saturated carbocycles. The van der Waals surface area contributed by atoms with Crippen molar-refractivity contribution < 1.29 is 31.9 Å². The Labute approximate surface area is 240 Å². The molecule has 0 unspecified atom stereocenters. The van der Waals surface area contributed by atoms with E-state index in [1.807, 2.05) is 38.1 Å². The number of aryl methyl sites for hydroxylation is 1. The number of amides is 2. The fraction of sp³-hybridized carbons (Fsp3) is 0.333. The second-order valence-electron chi connectivity index (χ2n) is 9.42. The molecule has 0 saturated heterocycles. The zero-order chi connectivity index (χ0) is 30.2. The number of benzene rings is 3. The van der Waals surface area contributed by atoms with Gasteiger partial charge in [-0.1, -0.05) is 31.2 Å². The van der Waals surface area contributed by atoms with Crippen LogP contribution in [0.5, 0.6) is 11.5 Å². The lowest BCUT2D eigenvalue weighted by Crippen LogP contribution is -2.51. The highest BCUT2D eigenvalue weighted by Crippen LogP contribution is 2.32. The molecule has 0 fully saturated rings. The highest BCUT2D eigenvalue weighted by Gasteiger charge is 2.33. The van der Waals surface area contributed by atoms with Gasteiger partial charge in [-0.3, -0.25) is 13.9 Å². The van der Waals surface area contributed by atoms with Crippen LogP contribution in [0.2, 0.25) is 0 Å². The summed E-state index contributed by atoms with van der Waals surface area (Å²) in [5, 5.41) is 2.81. The van der Waals surface area contributed by atoms with Gasteiger partial charge in [0.05, 0.1) is 24.8 Å². The lowest BCUT2D eigenvalue weighted by molar-refractivity contribution is -0.139. The first-order valence-corrected chi connectivity index (χ1v) is 14.6. The van der Waals surface area contributed by atoms with Gasteiger partial charge in [0, 0.05) is 19.2 Å². The lowest BCUT2D eigenvalue weighted by Gasteiger charge is -2.32. The number of sulfonamides is 1. The third kappa shape index (κ3) is 7.55. The summed E-state index contributed by atoms with van der Waals surface area (Å²) in [6.07, 6.45) is 0.714. The summed E-state index contributed by atoms with van der Waals surface area (Å²) in [7, 11) is -1.56. The first kappa shape index (κ1) is 31.4. The number of carbonyl (C=O) groups is 2. The van der Waals surface area contributed by atoms with Crippen LogP contribution in [0.3, 0.4) is 0 Å². The average Bonchev–Trinajstić information content (AvgIpc) is 2.97. The predicted octanol–water partition coefficient (Wildman–Crippen LogP) is 4.29.